The number of thiophene rings is 1. The molecule has 1 amide bonds. The maximum Gasteiger partial charge on any atom is 0.237 e. The lowest BCUT2D eigenvalue weighted by Crippen LogP contribution is -2.49. The van der Waals surface area contributed by atoms with E-state index in [0.29, 0.717) is 12.6 Å². The molecule has 2 aliphatic heterocycles. The van der Waals surface area contributed by atoms with Crippen LogP contribution in [0.2, 0.25) is 0 Å². The van der Waals surface area contributed by atoms with Crippen molar-refractivity contribution >= 4 is 17.2 Å². The Labute approximate surface area is 146 Å². The van der Waals surface area contributed by atoms with Crippen LogP contribution in [-0.2, 0) is 24.3 Å². The summed E-state index contributed by atoms with van der Waals surface area (Å²) < 4.78 is 1.88. The fraction of sp³-hybridized carbons (Fsp3) is 0.588. The molecule has 0 N–H and O–H groups in total. The van der Waals surface area contributed by atoms with Crippen molar-refractivity contribution in [2.45, 2.75) is 44.8 Å². The highest BCUT2D eigenvalue weighted by atomic mass is 32.1. The maximum atomic E-state index is 12.8. The van der Waals surface area contributed by atoms with Crippen molar-refractivity contribution in [1.82, 2.24) is 24.6 Å². The first-order valence-corrected chi connectivity index (χ1v) is 9.57. The van der Waals surface area contributed by atoms with Crippen LogP contribution >= 0.6 is 11.3 Å². The second kappa shape index (κ2) is 7.03. The first-order valence-electron chi connectivity index (χ1n) is 8.69. The van der Waals surface area contributed by atoms with Crippen LogP contribution in [0.4, 0.5) is 0 Å². The highest BCUT2D eigenvalue weighted by molar-refractivity contribution is 7.10. The molecule has 1 saturated heterocycles. The molecule has 1 atom stereocenters. The quantitative estimate of drug-likeness (QED) is 0.848. The Kier molecular flexibility index (Phi) is 4.62. The molecule has 2 aromatic rings. The zero-order valence-electron chi connectivity index (χ0n) is 13.8. The van der Waals surface area contributed by atoms with Crippen molar-refractivity contribution < 1.29 is 4.79 Å². The molecule has 0 aromatic carbocycles. The maximum absolute atomic E-state index is 12.8. The van der Waals surface area contributed by atoms with E-state index in [2.05, 4.69) is 26.4 Å². The molecule has 1 fully saturated rings. The van der Waals surface area contributed by atoms with Crippen LogP contribution in [0, 0.1) is 0 Å². The monoisotopic (exact) mass is 345 g/mol. The van der Waals surface area contributed by atoms with Gasteiger partial charge in [0.1, 0.15) is 12.7 Å². The number of fused-ring (bicyclic) bond motifs is 1. The van der Waals surface area contributed by atoms with Crippen molar-refractivity contribution in [1.29, 1.82) is 0 Å². The number of likely N-dealkylation sites (tertiary alicyclic amines) is 1. The minimum atomic E-state index is 0.261. The number of hydrogen-bond acceptors (Lipinski definition) is 5. The summed E-state index contributed by atoms with van der Waals surface area (Å²) in [7, 11) is 0. The van der Waals surface area contributed by atoms with Gasteiger partial charge in [-0.1, -0.05) is 6.42 Å². The molecule has 0 bridgehead atoms. The van der Waals surface area contributed by atoms with Crippen LogP contribution in [0.15, 0.2) is 24.1 Å². The molecule has 4 heterocycles. The van der Waals surface area contributed by atoms with Gasteiger partial charge >= 0.3 is 0 Å². The summed E-state index contributed by atoms with van der Waals surface area (Å²) >= 11 is 1.81. The van der Waals surface area contributed by atoms with Gasteiger partial charge < -0.3 is 4.90 Å². The van der Waals surface area contributed by atoms with E-state index in [0.717, 1.165) is 39.0 Å². The fourth-order valence-corrected chi connectivity index (χ4v) is 4.64. The van der Waals surface area contributed by atoms with E-state index < -0.39 is 0 Å². The number of amides is 1. The van der Waals surface area contributed by atoms with Gasteiger partial charge in [-0.15, -0.1) is 11.3 Å². The van der Waals surface area contributed by atoms with Crippen LogP contribution < -0.4 is 0 Å². The second-order valence-corrected chi connectivity index (χ2v) is 7.67. The van der Waals surface area contributed by atoms with Crippen molar-refractivity contribution in [3.63, 3.8) is 0 Å². The standard InChI is InChI=1S/C17H23N5OS/c23-17(21-7-4-16-14(9-21)5-8-24-16)11-20-6-2-1-3-15(20)10-22-13-18-12-19-22/h5,8,12-13,15H,1-4,6-7,9-11H2/t15-/m1/s1. The van der Waals surface area contributed by atoms with Gasteiger partial charge in [0.15, 0.2) is 0 Å². The van der Waals surface area contributed by atoms with Gasteiger partial charge in [0.05, 0.1) is 13.1 Å². The van der Waals surface area contributed by atoms with Gasteiger partial charge in [0, 0.05) is 24.0 Å². The molecule has 24 heavy (non-hydrogen) atoms. The highest BCUT2D eigenvalue weighted by Crippen LogP contribution is 2.25. The summed E-state index contributed by atoms with van der Waals surface area (Å²) in [5.41, 5.74) is 1.33. The van der Waals surface area contributed by atoms with Gasteiger partial charge in [-0.05, 0) is 42.8 Å². The van der Waals surface area contributed by atoms with E-state index in [9.17, 15) is 4.79 Å². The lowest BCUT2D eigenvalue weighted by atomic mass is 10.0. The lowest BCUT2D eigenvalue weighted by molar-refractivity contribution is -0.134. The van der Waals surface area contributed by atoms with Gasteiger partial charge in [0.25, 0.3) is 0 Å². The minimum absolute atomic E-state index is 0.261. The number of aromatic nitrogens is 3. The average Bonchev–Trinajstić information content (AvgIpc) is 3.27. The van der Waals surface area contributed by atoms with Crippen LogP contribution in [0.5, 0.6) is 0 Å². The highest BCUT2D eigenvalue weighted by Gasteiger charge is 2.28. The van der Waals surface area contributed by atoms with Gasteiger partial charge in [0.2, 0.25) is 5.91 Å². The van der Waals surface area contributed by atoms with Gasteiger partial charge in [-0.25, -0.2) is 4.98 Å². The Morgan fingerprint density at radius 2 is 2.29 bits per heavy atom. The molecule has 2 aliphatic rings. The molecule has 4 rings (SSSR count). The third-order valence-corrected chi connectivity index (χ3v) is 6.14. The summed E-state index contributed by atoms with van der Waals surface area (Å²) in [5, 5.41) is 6.35. The molecular weight excluding hydrogens is 322 g/mol. The van der Waals surface area contributed by atoms with E-state index in [1.165, 1.54) is 23.3 Å². The summed E-state index contributed by atoms with van der Waals surface area (Å²) in [6, 6.07) is 2.54. The lowest BCUT2D eigenvalue weighted by Gasteiger charge is -2.37. The predicted molar refractivity (Wildman–Crippen MR) is 92.7 cm³/mol. The van der Waals surface area contributed by atoms with E-state index in [4.69, 9.17) is 0 Å². The van der Waals surface area contributed by atoms with Crippen molar-refractivity contribution in [3.05, 3.63) is 34.5 Å². The average molecular weight is 345 g/mol. The summed E-state index contributed by atoms with van der Waals surface area (Å²) in [5.74, 6) is 0.261. The number of hydrogen-bond donors (Lipinski definition) is 0. The van der Waals surface area contributed by atoms with E-state index in [1.807, 2.05) is 20.9 Å². The molecule has 6 nitrogen and oxygen atoms in total. The largest absolute Gasteiger partial charge is 0.337 e. The molecule has 0 saturated carbocycles. The van der Waals surface area contributed by atoms with Crippen molar-refractivity contribution in [3.8, 4) is 0 Å². The Hall–Kier alpha value is -1.73. The van der Waals surface area contributed by atoms with Gasteiger partial charge in [-0.2, -0.15) is 5.10 Å². The number of piperidine rings is 1. The minimum Gasteiger partial charge on any atom is -0.337 e. The first kappa shape index (κ1) is 15.8. The smallest absolute Gasteiger partial charge is 0.237 e. The van der Waals surface area contributed by atoms with Crippen molar-refractivity contribution in [2.75, 3.05) is 19.6 Å². The third-order valence-electron chi connectivity index (χ3n) is 5.11. The molecule has 7 heteroatoms. The van der Waals surface area contributed by atoms with Crippen LogP contribution in [0.3, 0.4) is 0 Å². The van der Waals surface area contributed by atoms with Crippen molar-refractivity contribution in [2.24, 2.45) is 0 Å². The molecule has 128 valence electrons. The topological polar surface area (TPSA) is 54.3 Å². The third kappa shape index (κ3) is 3.37. The number of nitrogens with zero attached hydrogens (tertiary/aromatic N) is 5. The zero-order valence-corrected chi connectivity index (χ0v) is 14.6. The molecule has 0 spiro atoms. The Morgan fingerprint density at radius 1 is 1.33 bits per heavy atom. The summed E-state index contributed by atoms with van der Waals surface area (Å²) in [6.07, 6.45) is 7.87. The van der Waals surface area contributed by atoms with Crippen LogP contribution in [-0.4, -0.2) is 56.1 Å². The molecule has 0 radical (unpaired) electrons. The summed E-state index contributed by atoms with van der Waals surface area (Å²) in [4.78, 5) is 22.6. The van der Waals surface area contributed by atoms with Gasteiger partial charge in [-0.3, -0.25) is 14.4 Å². The molecule has 0 aliphatic carbocycles. The fourth-order valence-electron chi connectivity index (χ4n) is 3.75. The molecule has 0 unspecified atom stereocenters. The Morgan fingerprint density at radius 3 is 3.17 bits per heavy atom. The number of carbonyl (C=O) groups is 1. The Bertz CT molecular complexity index is 683. The first-order chi connectivity index (χ1) is 11.8. The SMILES string of the molecule is O=C(CN1CCCC[C@@H]1Cn1cncn1)N1CCc2sccc2C1. The second-order valence-electron chi connectivity index (χ2n) is 6.67. The number of carbonyl (C=O) groups excluding carboxylic acids is 1. The van der Waals surface area contributed by atoms with Crippen LogP contribution in [0.1, 0.15) is 29.7 Å². The Balaban J connectivity index is 1.38. The van der Waals surface area contributed by atoms with Crippen LogP contribution in [0.25, 0.3) is 0 Å². The molecular formula is C17H23N5OS. The zero-order chi connectivity index (χ0) is 16.4. The number of rotatable bonds is 4. The predicted octanol–water partition coefficient (Wildman–Crippen LogP) is 1.78. The normalized spacial score (nSPS) is 21.7. The van der Waals surface area contributed by atoms with E-state index in [1.54, 1.807) is 12.7 Å². The molecule has 2 aromatic heterocycles. The summed E-state index contributed by atoms with van der Waals surface area (Å²) in [6.45, 7) is 3.98. The van der Waals surface area contributed by atoms with E-state index in [-0.39, 0.29) is 5.91 Å². The van der Waals surface area contributed by atoms with E-state index >= 15 is 0 Å².